The zero-order valence-electron chi connectivity index (χ0n) is 22.1. The Morgan fingerprint density at radius 2 is 1.68 bits per heavy atom. The molecule has 2 aliphatic rings. The summed E-state index contributed by atoms with van der Waals surface area (Å²) < 4.78 is 29.3. The van der Waals surface area contributed by atoms with E-state index >= 15 is 0 Å². The maximum atomic E-state index is 14.0. The monoisotopic (exact) mass is 614 g/mol. The van der Waals surface area contributed by atoms with Gasteiger partial charge >= 0.3 is 6.03 Å². The molecule has 5 rings (SSSR count). The van der Waals surface area contributed by atoms with E-state index in [0.717, 1.165) is 10.5 Å². The minimum atomic E-state index is -4.22. The number of hydrogen-bond acceptors (Lipinski definition) is 5. The van der Waals surface area contributed by atoms with Gasteiger partial charge in [0.25, 0.3) is 21.8 Å². The largest absolute Gasteiger partial charge is 0.349 e. The fourth-order valence-corrected chi connectivity index (χ4v) is 7.33. The second kappa shape index (κ2) is 11.3. The predicted molar refractivity (Wildman–Crippen MR) is 156 cm³/mol. The van der Waals surface area contributed by atoms with Gasteiger partial charge in [-0.2, -0.15) is 0 Å². The number of benzene rings is 3. The average Bonchev–Trinajstić information content (AvgIpc) is 3.17. The molecule has 2 N–H and O–H groups in total. The van der Waals surface area contributed by atoms with Crippen LogP contribution in [0.4, 0.5) is 10.5 Å². The zero-order valence-corrected chi connectivity index (χ0v) is 24.5. The summed E-state index contributed by atoms with van der Waals surface area (Å²) >= 11 is 12.5. The van der Waals surface area contributed by atoms with Gasteiger partial charge in [0.05, 0.1) is 17.3 Å². The van der Waals surface area contributed by atoms with E-state index in [1.807, 2.05) is 30.3 Å². The SMILES string of the molecule is CN1C(=O)NC2(CCC(NC(=O)c3ccc(Cl)c(S(=O)(=O)N(Cc4ccccc4)c4ccc(Cl)cc4)c3)CC2)C1=O. The van der Waals surface area contributed by atoms with Gasteiger partial charge in [-0.1, -0.05) is 53.5 Å². The smallest absolute Gasteiger partial charge is 0.324 e. The Morgan fingerprint density at radius 3 is 2.29 bits per heavy atom. The van der Waals surface area contributed by atoms with Crippen LogP contribution in [0.1, 0.15) is 41.6 Å². The van der Waals surface area contributed by atoms with Gasteiger partial charge in [-0.15, -0.1) is 0 Å². The van der Waals surface area contributed by atoms with Crippen LogP contribution in [0.2, 0.25) is 10.0 Å². The van der Waals surface area contributed by atoms with Crippen molar-refractivity contribution in [2.45, 2.75) is 48.7 Å². The number of carbonyl (C=O) groups excluding carboxylic acids is 3. The Labute approximate surface area is 248 Å². The molecule has 9 nitrogen and oxygen atoms in total. The van der Waals surface area contributed by atoms with Crippen molar-refractivity contribution < 1.29 is 22.8 Å². The molecule has 1 spiro atoms. The van der Waals surface area contributed by atoms with Gasteiger partial charge in [0.15, 0.2) is 0 Å². The number of imide groups is 1. The van der Waals surface area contributed by atoms with Gasteiger partial charge in [0.1, 0.15) is 10.4 Å². The molecular formula is C29H28Cl2N4O5S. The number of carbonyl (C=O) groups is 3. The third-order valence-corrected chi connectivity index (χ3v) is 10.1. The molecule has 12 heteroatoms. The quantitative estimate of drug-likeness (QED) is 0.364. The normalized spacial score (nSPS) is 20.7. The summed E-state index contributed by atoms with van der Waals surface area (Å²) in [7, 11) is -2.78. The highest BCUT2D eigenvalue weighted by Crippen LogP contribution is 2.34. The number of likely N-dealkylation sites (N-methyl/N-ethyl adjacent to an activating group) is 1. The number of nitrogens with zero attached hydrogens (tertiary/aromatic N) is 2. The third-order valence-electron chi connectivity index (χ3n) is 7.58. The summed E-state index contributed by atoms with van der Waals surface area (Å²) in [5.74, 6) is -0.723. The topological polar surface area (TPSA) is 116 Å². The molecule has 1 aliphatic heterocycles. The lowest BCUT2D eigenvalue weighted by Gasteiger charge is -2.35. The molecule has 214 valence electrons. The molecule has 3 aromatic rings. The summed E-state index contributed by atoms with van der Waals surface area (Å²) in [5.41, 5.74) is 0.348. The van der Waals surface area contributed by atoms with E-state index in [2.05, 4.69) is 10.6 Å². The van der Waals surface area contributed by atoms with E-state index < -0.39 is 27.5 Å². The molecule has 1 aliphatic carbocycles. The van der Waals surface area contributed by atoms with Crippen LogP contribution < -0.4 is 14.9 Å². The van der Waals surface area contributed by atoms with Crippen LogP contribution >= 0.6 is 23.2 Å². The first-order chi connectivity index (χ1) is 19.5. The standard InChI is InChI=1S/C29H28Cl2N4O5S/c1-34-27(37)29(33-28(34)38)15-13-22(14-16-29)32-26(36)20-7-12-24(31)25(17-20)41(39,40)35(18-19-5-3-2-4-6-19)23-10-8-21(30)9-11-23/h2-12,17,22H,13-16,18H2,1H3,(H,32,36)(H,33,38). The minimum absolute atomic E-state index is 0.0206. The van der Waals surface area contributed by atoms with E-state index in [-0.39, 0.29) is 34.0 Å². The first kappa shape index (κ1) is 28.9. The molecule has 0 radical (unpaired) electrons. The molecule has 0 unspecified atom stereocenters. The van der Waals surface area contributed by atoms with Crippen LogP contribution in [0.3, 0.4) is 0 Å². The Kier molecular flexibility index (Phi) is 8.00. The van der Waals surface area contributed by atoms with Crippen molar-refractivity contribution in [3.8, 4) is 0 Å². The number of halogens is 2. The maximum absolute atomic E-state index is 14.0. The minimum Gasteiger partial charge on any atom is -0.349 e. The van der Waals surface area contributed by atoms with Crippen molar-refractivity contribution in [3.05, 3.63) is 94.0 Å². The van der Waals surface area contributed by atoms with Crippen molar-refractivity contribution >= 4 is 56.8 Å². The molecule has 41 heavy (non-hydrogen) atoms. The van der Waals surface area contributed by atoms with Crippen molar-refractivity contribution in [3.63, 3.8) is 0 Å². The maximum Gasteiger partial charge on any atom is 0.324 e. The molecule has 2 fully saturated rings. The van der Waals surface area contributed by atoms with Gasteiger partial charge in [0, 0.05) is 23.7 Å². The van der Waals surface area contributed by atoms with Crippen molar-refractivity contribution in [1.29, 1.82) is 0 Å². The van der Waals surface area contributed by atoms with Gasteiger partial charge in [-0.25, -0.2) is 13.2 Å². The number of anilines is 1. The Bertz CT molecular complexity index is 1590. The van der Waals surface area contributed by atoms with E-state index in [4.69, 9.17) is 23.2 Å². The zero-order chi connectivity index (χ0) is 29.4. The molecule has 4 amide bonds. The Hall–Kier alpha value is -3.60. The van der Waals surface area contributed by atoms with Crippen LogP contribution in [0.25, 0.3) is 0 Å². The van der Waals surface area contributed by atoms with Gasteiger partial charge in [0.2, 0.25) is 0 Å². The van der Waals surface area contributed by atoms with Crippen LogP contribution in [-0.2, 0) is 21.4 Å². The van der Waals surface area contributed by atoms with E-state index in [1.54, 1.807) is 24.3 Å². The summed E-state index contributed by atoms with van der Waals surface area (Å²) in [6, 6.07) is 19.0. The highest BCUT2D eigenvalue weighted by Gasteiger charge is 2.51. The summed E-state index contributed by atoms with van der Waals surface area (Å²) in [6.45, 7) is 0.0336. The molecule has 1 saturated heterocycles. The van der Waals surface area contributed by atoms with Crippen LogP contribution in [-0.4, -0.2) is 49.8 Å². The van der Waals surface area contributed by atoms with Crippen LogP contribution in [0.5, 0.6) is 0 Å². The number of rotatable bonds is 7. The third kappa shape index (κ3) is 5.77. The summed E-state index contributed by atoms with van der Waals surface area (Å²) in [6.07, 6.45) is 1.74. The Morgan fingerprint density at radius 1 is 1.02 bits per heavy atom. The van der Waals surface area contributed by atoms with Crippen molar-refractivity contribution in [1.82, 2.24) is 15.5 Å². The van der Waals surface area contributed by atoms with Gasteiger partial charge in [-0.3, -0.25) is 18.8 Å². The lowest BCUT2D eigenvalue weighted by molar-refractivity contribution is -0.131. The van der Waals surface area contributed by atoms with Crippen LogP contribution in [0, 0.1) is 0 Å². The second-order valence-corrected chi connectivity index (χ2v) is 12.9. The molecular weight excluding hydrogens is 587 g/mol. The molecule has 0 atom stereocenters. The first-order valence-corrected chi connectivity index (χ1v) is 15.2. The van der Waals surface area contributed by atoms with Crippen LogP contribution in [0.15, 0.2) is 77.7 Å². The fraction of sp³-hybridized carbons (Fsp3) is 0.276. The molecule has 0 bridgehead atoms. The van der Waals surface area contributed by atoms with Gasteiger partial charge in [-0.05, 0) is 73.7 Å². The highest BCUT2D eigenvalue weighted by molar-refractivity contribution is 7.93. The average molecular weight is 616 g/mol. The Balaban J connectivity index is 1.37. The van der Waals surface area contributed by atoms with E-state index in [0.29, 0.717) is 36.4 Å². The van der Waals surface area contributed by atoms with Gasteiger partial charge < -0.3 is 10.6 Å². The highest BCUT2D eigenvalue weighted by atomic mass is 35.5. The molecule has 1 saturated carbocycles. The van der Waals surface area contributed by atoms with E-state index in [9.17, 15) is 22.8 Å². The number of nitrogens with one attached hydrogen (secondary N) is 2. The lowest BCUT2D eigenvalue weighted by atomic mass is 9.79. The summed E-state index contributed by atoms with van der Waals surface area (Å²) in [4.78, 5) is 38.6. The molecule has 3 aromatic carbocycles. The predicted octanol–water partition coefficient (Wildman–Crippen LogP) is 4.98. The van der Waals surface area contributed by atoms with E-state index in [1.165, 1.54) is 29.6 Å². The number of hydrogen-bond donors (Lipinski definition) is 2. The second-order valence-electron chi connectivity index (χ2n) is 10.2. The fourth-order valence-electron chi connectivity index (χ4n) is 5.25. The van der Waals surface area contributed by atoms with Crippen molar-refractivity contribution in [2.24, 2.45) is 0 Å². The number of amides is 4. The number of urea groups is 1. The first-order valence-electron chi connectivity index (χ1n) is 13.0. The molecule has 1 heterocycles. The lowest BCUT2D eigenvalue weighted by Crippen LogP contribution is -2.52. The summed E-state index contributed by atoms with van der Waals surface area (Å²) in [5, 5.41) is 6.16. The van der Waals surface area contributed by atoms with Crippen molar-refractivity contribution in [2.75, 3.05) is 11.4 Å². The number of sulfonamides is 1. The molecule has 0 aromatic heterocycles.